The van der Waals surface area contributed by atoms with E-state index in [1.54, 1.807) is 0 Å². The maximum Gasteiger partial charge on any atom is 0.306 e. The summed E-state index contributed by atoms with van der Waals surface area (Å²) in [6.07, 6.45) is 90.2. The minimum atomic E-state index is -0.881. The number of esters is 3. The molecule has 73 heavy (non-hydrogen) atoms. The zero-order chi connectivity index (χ0) is 52.9. The van der Waals surface area contributed by atoms with Gasteiger partial charge in [0, 0.05) is 19.3 Å². The Kier molecular flexibility index (Phi) is 54.2. The third-order valence-electron chi connectivity index (χ3n) is 10.6. The summed E-state index contributed by atoms with van der Waals surface area (Å²) < 4.78 is 16.6. The molecule has 0 heterocycles. The first kappa shape index (κ1) is 67.2. The summed E-state index contributed by atoms with van der Waals surface area (Å²) in [5.41, 5.74) is 0. The minimum Gasteiger partial charge on any atom is -0.462 e. The molecule has 0 spiro atoms. The summed E-state index contributed by atoms with van der Waals surface area (Å²) in [5, 5.41) is 0. The predicted octanol–water partition coefficient (Wildman–Crippen LogP) is 19.1. The first-order valence-electron chi connectivity index (χ1n) is 27.9. The van der Waals surface area contributed by atoms with Gasteiger partial charge in [0.1, 0.15) is 13.2 Å². The van der Waals surface area contributed by atoms with E-state index in [2.05, 4.69) is 191 Å². The van der Waals surface area contributed by atoms with Crippen LogP contribution in [-0.2, 0) is 28.6 Å². The molecule has 0 saturated heterocycles. The number of rotatable bonds is 47. The first-order chi connectivity index (χ1) is 36.0. The van der Waals surface area contributed by atoms with E-state index < -0.39 is 24.0 Å². The van der Waals surface area contributed by atoms with Crippen molar-refractivity contribution in [3.8, 4) is 0 Å². The van der Waals surface area contributed by atoms with Crippen LogP contribution in [0.2, 0.25) is 0 Å². The lowest BCUT2D eigenvalue weighted by atomic mass is 10.2. The maximum absolute atomic E-state index is 12.8. The van der Waals surface area contributed by atoms with Crippen LogP contribution < -0.4 is 0 Å². The van der Waals surface area contributed by atoms with Crippen molar-refractivity contribution in [3.05, 3.63) is 194 Å². The lowest BCUT2D eigenvalue weighted by Gasteiger charge is -2.18. The van der Waals surface area contributed by atoms with Crippen molar-refractivity contribution in [2.75, 3.05) is 13.2 Å². The van der Waals surface area contributed by atoms with E-state index in [0.717, 1.165) is 103 Å². The van der Waals surface area contributed by atoms with E-state index >= 15 is 0 Å². The van der Waals surface area contributed by atoms with Crippen molar-refractivity contribution in [1.82, 2.24) is 0 Å². The second-order valence-corrected chi connectivity index (χ2v) is 17.4. The third-order valence-corrected chi connectivity index (χ3v) is 10.6. The molecule has 6 nitrogen and oxygen atoms in total. The summed E-state index contributed by atoms with van der Waals surface area (Å²) in [7, 11) is 0. The van der Waals surface area contributed by atoms with Gasteiger partial charge in [0.15, 0.2) is 6.10 Å². The number of carbonyl (C=O) groups is 3. The van der Waals surface area contributed by atoms with Crippen molar-refractivity contribution in [1.29, 1.82) is 0 Å². The highest BCUT2D eigenvalue weighted by Crippen LogP contribution is 2.08. The van der Waals surface area contributed by atoms with E-state index in [4.69, 9.17) is 14.2 Å². The van der Waals surface area contributed by atoms with Gasteiger partial charge in [-0.3, -0.25) is 14.4 Å². The van der Waals surface area contributed by atoms with Gasteiger partial charge in [-0.05, 0) is 135 Å². The Morgan fingerprint density at radius 1 is 0.288 bits per heavy atom. The molecule has 0 rings (SSSR count). The van der Waals surface area contributed by atoms with Crippen LogP contribution in [0.15, 0.2) is 194 Å². The number of ether oxygens (including phenoxy) is 3. The Balaban J connectivity index is 4.75. The summed E-state index contributed by atoms with van der Waals surface area (Å²) >= 11 is 0. The van der Waals surface area contributed by atoms with Gasteiger partial charge in [-0.1, -0.05) is 228 Å². The van der Waals surface area contributed by atoms with Crippen molar-refractivity contribution >= 4 is 17.9 Å². The topological polar surface area (TPSA) is 78.9 Å². The molecule has 0 aliphatic rings. The fraction of sp³-hybridized carbons (Fsp3) is 0.478. The summed E-state index contributed by atoms with van der Waals surface area (Å²) in [4.78, 5) is 38.1. The standard InChI is InChI=1S/C67H98O6/c1-4-7-10-13-16-19-22-25-28-31-33-36-38-41-44-47-50-53-56-59-65(68)71-62-64(73-67(70)61-58-55-52-49-46-43-40-35-30-27-24-21-18-15-12-9-6-3)63-72-66(69)60-57-54-51-48-45-42-39-37-34-32-29-26-23-20-17-14-11-8-5-2/h7,9-10,12,16-21,25-30,33-34,36-37,40-45,49-54,64H,4-6,8,11,13-15,22-24,31-32,35,38-39,46-48,55-63H2,1-3H3/b10-7-,12-9-,19-16-,20-17-,21-18-,28-25-,29-26-,30-27-,36-33-,37-34-,43-40-,44-41-,45-42-,52-49-,53-50-,54-51-/t64-/m1/s1. The van der Waals surface area contributed by atoms with Gasteiger partial charge in [0.2, 0.25) is 0 Å². The monoisotopic (exact) mass is 999 g/mol. The maximum atomic E-state index is 12.8. The Morgan fingerprint density at radius 2 is 0.548 bits per heavy atom. The number of allylic oxidation sites excluding steroid dienone is 32. The zero-order valence-corrected chi connectivity index (χ0v) is 45.8. The van der Waals surface area contributed by atoms with Crippen LogP contribution in [0, 0.1) is 0 Å². The number of unbranched alkanes of at least 4 members (excludes halogenated alkanes) is 4. The van der Waals surface area contributed by atoms with Crippen LogP contribution >= 0.6 is 0 Å². The van der Waals surface area contributed by atoms with E-state index in [1.165, 1.54) is 25.7 Å². The van der Waals surface area contributed by atoms with Crippen LogP contribution in [0.25, 0.3) is 0 Å². The number of carbonyl (C=O) groups excluding carboxylic acids is 3. The highest BCUT2D eigenvalue weighted by atomic mass is 16.6. The molecule has 0 bridgehead atoms. The molecular formula is C67H98O6. The molecule has 0 aliphatic carbocycles. The Labute approximate surface area is 446 Å². The quantitative estimate of drug-likeness (QED) is 0.0262. The van der Waals surface area contributed by atoms with Gasteiger partial charge >= 0.3 is 17.9 Å². The van der Waals surface area contributed by atoms with Crippen LogP contribution in [0.4, 0.5) is 0 Å². The number of hydrogen-bond acceptors (Lipinski definition) is 6. The fourth-order valence-corrected chi connectivity index (χ4v) is 6.48. The molecular weight excluding hydrogens is 901 g/mol. The molecule has 0 aliphatic heterocycles. The van der Waals surface area contributed by atoms with Crippen LogP contribution in [-0.4, -0.2) is 37.2 Å². The lowest BCUT2D eigenvalue weighted by Crippen LogP contribution is -2.30. The fourth-order valence-electron chi connectivity index (χ4n) is 6.48. The molecule has 0 N–H and O–H groups in total. The molecule has 0 aromatic heterocycles. The molecule has 6 heteroatoms. The zero-order valence-electron chi connectivity index (χ0n) is 45.8. The van der Waals surface area contributed by atoms with Gasteiger partial charge in [-0.15, -0.1) is 0 Å². The summed E-state index contributed by atoms with van der Waals surface area (Å²) in [6.45, 7) is 6.17. The second kappa shape index (κ2) is 58.8. The second-order valence-electron chi connectivity index (χ2n) is 17.4. The summed E-state index contributed by atoms with van der Waals surface area (Å²) in [6, 6.07) is 0. The molecule has 0 fully saturated rings. The molecule has 0 aromatic carbocycles. The Hall–Kier alpha value is -5.75. The predicted molar refractivity (Wildman–Crippen MR) is 315 cm³/mol. The van der Waals surface area contributed by atoms with Gasteiger partial charge in [-0.25, -0.2) is 0 Å². The largest absolute Gasteiger partial charge is 0.462 e. The van der Waals surface area contributed by atoms with Crippen molar-refractivity contribution in [3.63, 3.8) is 0 Å². The van der Waals surface area contributed by atoms with Gasteiger partial charge in [0.25, 0.3) is 0 Å². The SMILES string of the molecule is CC/C=C\C/C=C\C/C=C\C/C=C\C/C=C\C/C=C\CCC(=O)OC[C@H](COC(=O)CC/C=C\C/C=C\C/C=C\C/C=C\C/C=C\CCCCC)OC(=O)CCC/C=C\C/C=C\C/C=C\C/C=C\C/C=C\CC. The smallest absolute Gasteiger partial charge is 0.306 e. The van der Waals surface area contributed by atoms with Gasteiger partial charge in [0.05, 0.1) is 0 Å². The molecule has 0 radical (unpaired) electrons. The number of hydrogen-bond donors (Lipinski definition) is 0. The van der Waals surface area contributed by atoms with E-state index in [0.29, 0.717) is 19.3 Å². The van der Waals surface area contributed by atoms with E-state index in [-0.39, 0.29) is 32.5 Å². The van der Waals surface area contributed by atoms with E-state index in [1.807, 2.05) is 24.3 Å². The highest BCUT2D eigenvalue weighted by molar-refractivity contribution is 5.71. The lowest BCUT2D eigenvalue weighted by molar-refractivity contribution is -0.166. The molecule has 0 unspecified atom stereocenters. The van der Waals surface area contributed by atoms with E-state index in [9.17, 15) is 14.4 Å². The third kappa shape index (κ3) is 57.0. The molecule has 0 amide bonds. The van der Waals surface area contributed by atoms with Crippen molar-refractivity contribution in [2.45, 2.75) is 194 Å². The normalized spacial score (nSPS) is 13.6. The van der Waals surface area contributed by atoms with Crippen molar-refractivity contribution < 1.29 is 28.6 Å². The van der Waals surface area contributed by atoms with Crippen LogP contribution in [0.1, 0.15) is 188 Å². The molecule has 1 atom stereocenters. The molecule has 0 saturated carbocycles. The van der Waals surface area contributed by atoms with Gasteiger partial charge in [-0.2, -0.15) is 0 Å². The van der Waals surface area contributed by atoms with Crippen LogP contribution in [0.5, 0.6) is 0 Å². The molecule has 0 aromatic rings. The highest BCUT2D eigenvalue weighted by Gasteiger charge is 2.19. The van der Waals surface area contributed by atoms with Crippen LogP contribution in [0.3, 0.4) is 0 Å². The van der Waals surface area contributed by atoms with Gasteiger partial charge < -0.3 is 14.2 Å². The first-order valence-corrected chi connectivity index (χ1v) is 27.9. The minimum absolute atomic E-state index is 0.175. The molecule has 402 valence electrons. The summed E-state index contributed by atoms with van der Waals surface area (Å²) in [5.74, 6) is -1.21. The average molecular weight is 1000 g/mol. The Bertz CT molecular complexity index is 1810. The van der Waals surface area contributed by atoms with Crippen molar-refractivity contribution in [2.24, 2.45) is 0 Å². The Morgan fingerprint density at radius 3 is 0.836 bits per heavy atom. The average Bonchev–Trinajstić information content (AvgIpc) is 3.39.